The van der Waals surface area contributed by atoms with E-state index >= 15 is 0 Å². The van der Waals surface area contributed by atoms with Crippen LogP contribution in [0.25, 0.3) is 0 Å². The van der Waals surface area contributed by atoms with Gasteiger partial charge in [0.1, 0.15) is 15.9 Å². The maximum Gasteiger partial charge on any atom is 0.326 e. The number of carboxylic acids is 1. The van der Waals surface area contributed by atoms with Crippen LogP contribution in [0.4, 0.5) is 0 Å². The van der Waals surface area contributed by atoms with Gasteiger partial charge in [0.2, 0.25) is 0 Å². The topological polar surface area (TPSA) is 101 Å². The highest BCUT2D eigenvalue weighted by Crippen LogP contribution is 2.07. The molecule has 6 nitrogen and oxygen atoms in total. The molecule has 0 aliphatic heterocycles. The van der Waals surface area contributed by atoms with E-state index in [-0.39, 0.29) is 12.2 Å². The molecule has 7 heteroatoms. The Morgan fingerprint density at radius 3 is 2.52 bits per heavy atom. The Hall–Kier alpha value is -1.89. The molecule has 2 N–H and O–H groups in total. The van der Waals surface area contributed by atoms with Gasteiger partial charge in [-0.2, -0.15) is 0 Å². The van der Waals surface area contributed by atoms with Crippen LogP contribution in [-0.4, -0.2) is 43.5 Å². The molecule has 1 rings (SSSR count). The molecule has 0 bridgehead atoms. The van der Waals surface area contributed by atoms with Gasteiger partial charge in [0.25, 0.3) is 5.91 Å². The third-order valence-corrected chi connectivity index (χ3v) is 3.96. The molecule has 0 aromatic heterocycles. The second-order valence-electron chi connectivity index (χ2n) is 4.84. The van der Waals surface area contributed by atoms with Gasteiger partial charge in [0.15, 0.2) is 0 Å². The number of hydrogen-bond donors (Lipinski definition) is 2. The summed E-state index contributed by atoms with van der Waals surface area (Å²) in [6.45, 7) is 1.95. The van der Waals surface area contributed by atoms with Gasteiger partial charge in [-0.05, 0) is 30.5 Å². The molecule has 0 unspecified atom stereocenters. The number of rotatable bonds is 7. The van der Waals surface area contributed by atoms with E-state index in [9.17, 15) is 18.0 Å². The molecule has 116 valence electrons. The Bertz CT molecular complexity index is 624. The fourth-order valence-electron chi connectivity index (χ4n) is 1.76. The second kappa shape index (κ2) is 7.21. The van der Waals surface area contributed by atoms with Gasteiger partial charge in [-0.25, -0.2) is 13.2 Å². The number of hydrogen-bond acceptors (Lipinski definition) is 4. The first-order valence-electron chi connectivity index (χ1n) is 6.53. The Morgan fingerprint density at radius 1 is 1.33 bits per heavy atom. The minimum absolute atomic E-state index is 0.159. The summed E-state index contributed by atoms with van der Waals surface area (Å²) in [5, 5.41) is 11.4. The molecule has 0 saturated heterocycles. The molecule has 0 fully saturated rings. The number of carboxylic acid groups (broad SMARTS) is 1. The highest BCUT2D eigenvalue weighted by molar-refractivity contribution is 7.90. The Labute approximate surface area is 124 Å². The minimum atomic E-state index is -3.28. The van der Waals surface area contributed by atoms with Gasteiger partial charge in [0, 0.05) is 11.8 Å². The van der Waals surface area contributed by atoms with Crippen LogP contribution < -0.4 is 5.32 Å². The SMILES string of the molecule is CCc1cccc(C(=O)N[C@@H](CCS(C)(=O)=O)C(=O)O)c1. The van der Waals surface area contributed by atoms with E-state index in [0.717, 1.165) is 18.2 Å². The monoisotopic (exact) mass is 313 g/mol. The van der Waals surface area contributed by atoms with Crippen LogP contribution in [0.2, 0.25) is 0 Å². The molecule has 0 heterocycles. The zero-order valence-electron chi connectivity index (χ0n) is 12.0. The van der Waals surface area contributed by atoms with Crippen molar-refractivity contribution in [2.45, 2.75) is 25.8 Å². The number of sulfone groups is 1. The molecule has 0 aliphatic carbocycles. The van der Waals surface area contributed by atoms with E-state index in [1.54, 1.807) is 18.2 Å². The van der Waals surface area contributed by atoms with Gasteiger partial charge in [-0.1, -0.05) is 19.1 Å². The average molecular weight is 313 g/mol. The van der Waals surface area contributed by atoms with Gasteiger partial charge in [0.05, 0.1) is 5.75 Å². The number of carbonyl (C=O) groups is 2. The molecule has 1 amide bonds. The van der Waals surface area contributed by atoms with E-state index in [0.29, 0.717) is 5.56 Å². The number of aryl methyl sites for hydroxylation is 1. The molecular formula is C14H19NO5S. The molecule has 0 aliphatic rings. The summed E-state index contributed by atoms with van der Waals surface area (Å²) in [6, 6.07) is 5.64. The number of carbonyl (C=O) groups excluding carboxylic acids is 1. The molecule has 0 radical (unpaired) electrons. The number of nitrogens with one attached hydrogen (secondary N) is 1. The highest BCUT2D eigenvalue weighted by Gasteiger charge is 2.22. The smallest absolute Gasteiger partial charge is 0.326 e. The minimum Gasteiger partial charge on any atom is -0.480 e. The fourth-order valence-corrected chi connectivity index (χ4v) is 2.43. The fraction of sp³-hybridized carbons (Fsp3) is 0.429. The van der Waals surface area contributed by atoms with Gasteiger partial charge in [-0.15, -0.1) is 0 Å². The van der Waals surface area contributed by atoms with Crippen molar-refractivity contribution < 1.29 is 23.1 Å². The third-order valence-electron chi connectivity index (χ3n) is 2.98. The largest absolute Gasteiger partial charge is 0.480 e. The predicted molar refractivity (Wildman–Crippen MR) is 79.0 cm³/mol. The van der Waals surface area contributed by atoms with E-state index in [1.807, 2.05) is 13.0 Å². The Morgan fingerprint density at radius 2 is 2.00 bits per heavy atom. The molecular weight excluding hydrogens is 294 g/mol. The first-order chi connectivity index (χ1) is 9.73. The number of benzene rings is 1. The van der Waals surface area contributed by atoms with E-state index in [4.69, 9.17) is 5.11 Å². The van der Waals surface area contributed by atoms with Crippen LogP contribution >= 0.6 is 0 Å². The van der Waals surface area contributed by atoms with E-state index in [1.165, 1.54) is 0 Å². The molecule has 21 heavy (non-hydrogen) atoms. The molecule has 0 saturated carbocycles. The second-order valence-corrected chi connectivity index (χ2v) is 7.10. The van der Waals surface area contributed by atoms with Crippen molar-refractivity contribution in [3.05, 3.63) is 35.4 Å². The lowest BCUT2D eigenvalue weighted by molar-refractivity contribution is -0.139. The lowest BCUT2D eigenvalue weighted by Crippen LogP contribution is -2.41. The normalized spacial score (nSPS) is 12.7. The van der Waals surface area contributed by atoms with Crippen molar-refractivity contribution in [3.8, 4) is 0 Å². The Kier molecular flexibility index (Phi) is 5.90. The summed E-state index contributed by atoms with van der Waals surface area (Å²) in [7, 11) is -3.28. The Balaban J connectivity index is 2.78. The first kappa shape index (κ1) is 17.2. The maximum atomic E-state index is 12.0. The van der Waals surface area contributed by atoms with Gasteiger partial charge < -0.3 is 10.4 Å². The van der Waals surface area contributed by atoms with Crippen molar-refractivity contribution in [1.29, 1.82) is 0 Å². The van der Waals surface area contributed by atoms with Crippen LogP contribution in [0.3, 0.4) is 0 Å². The van der Waals surface area contributed by atoms with Crippen molar-refractivity contribution in [3.63, 3.8) is 0 Å². The van der Waals surface area contributed by atoms with E-state index < -0.39 is 27.8 Å². The first-order valence-corrected chi connectivity index (χ1v) is 8.59. The average Bonchev–Trinajstić information content (AvgIpc) is 2.41. The summed E-state index contributed by atoms with van der Waals surface area (Å²) in [5.74, 6) is -2.07. The molecule has 0 spiro atoms. The third kappa shape index (κ3) is 5.95. The highest BCUT2D eigenvalue weighted by atomic mass is 32.2. The molecule has 1 aromatic rings. The number of amides is 1. The summed E-state index contributed by atoms with van der Waals surface area (Å²) >= 11 is 0. The summed E-state index contributed by atoms with van der Waals surface area (Å²) in [4.78, 5) is 23.1. The van der Waals surface area contributed by atoms with Crippen molar-refractivity contribution >= 4 is 21.7 Å². The lowest BCUT2D eigenvalue weighted by Gasteiger charge is -2.14. The van der Waals surface area contributed by atoms with Crippen LogP contribution in [-0.2, 0) is 21.1 Å². The summed E-state index contributed by atoms with van der Waals surface area (Å²) in [6.07, 6.45) is 1.63. The van der Waals surface area contributed by atoms with Crippen LogP contribution in [0.5, 0.6) is 0 Å². The summed E-state index contributed by atoms with van der Waals surface area (Å²) < 4.78 is 22.2. The van der Waals surface area contributed by atoms with Crippen LogP contribution in [0, 0.1) is 0 Å². The van der Waals surface area contributed by atoms with Crippen molar-refractivity contribution in [1.82, 2.24) is 5.32 Å². The zero-order valence-corrected chi connectivity index (χ0v) is 12.8. The molecule has 1 aromatic carbocycles. The molecule has 1 atom stereocenters. The standard InChI is InChI=1S/C14H19NO5S/c1-3-10-5-4-6-11(9-10)13(16)15-12(14(17)18)7-8-21(2,19)20/h4-6,9,12H,3,7-8H2,1-2H3,(H,15,16)(H,17,18)/t12-/m0/s1. The van der Waals surface area contributed by atoms with Crippen LogP contribution in [0.1, 0.15) is 29.3 Å². The predicted octanol–water partition coefficient (Wildman–Crippen LogP) is 0.867. The quantitative estimate of drug-likeness (QED) is 0.778. The van der Waals surface area contributed by atoms with Crippen LogP contribution in [0.15, 0.2) is 24.3 Å². The van der Waals surface area contributed by atoms with E-state index in [2.05, 4.69) is 5.32 Å². The lowest BCUT2D eigenvalue weighted by atomic mass is 10.1. The van der Waals surface area contributed by atoms with Gasteiger partial charge >= 0.3 is 5.97 Å². The zero-order chi connectivity index (χ0) is 16.0. The number of aliphatic carboxylic acids is 1. The van der Waals surface area contributed by atoms with Gasteiger partial charge in [-0.3, -0.25) is 4.79 Å². The van der Waals surface area contributed by atoms with Crippen molar-refractivity contribution in [2.75, 3.05) is 12.0 Å². The summed E-state index contributed by atoms with van der Waals surface area (Å²) in [5.41, 5.74) is 1.32. The van der Waals surface area contributed by atoms with Crippen molar-refractivity contribution in [2.24, 2.45) is 0 Å². The maximum absolute atomic E-state index is 12.0.